The van der Waals surface area contributed by atoms with Gasteiger partial charge in [-0.15, -0.1) is 0 Å². The standard InChI is InChI=1S/C9H14N2O2/c1-11-6-4-5-8(11)7-10-9(12-2)13-3/h4-7,9H,1-3H3. The smallest absolute Gasteiger partial charge is 0.257 e. The van der Waals surface area contributed by atoms with Crippen LogP contribution in [0.5, 0.6) is 0 Å². The van der Waals surface area contributed by atoms with Crippen molar-refractivity contribution in [3.8, 4) is 0 Å². The Bertz CT molecular complexity index is 277. The number of rotatable bonds is 4. The molecule has 0 aliphatic carbocycles. The van der Waals surface area contributed by atoms with E-state index in [1.165, 1.54) is 0 Å². The molecule has 0 fully saturated rings. The molecule has 0 saturated carbocycles. The maximum absolute atomic E-state index is 4.91. The Morgan fingerprint density at radius 1 is 1.46 bits per heavy atom. The van der Waals surface area contributed by atoms with Gasteiger partial charge in [-0.2, -0.15) is 0 Å². The van der Waals surface area contributed by atoms with Crippen molar-refractivity contribution in [2.45, 2.75) is 6.41 Å². The van der Waals surface area contributed by atoms with Gasteiger partial charge in [0.2, 0.25) is 0 Å². The minimum atomic E-state index is -0.519. The lowest BCUT2D eigenvalue weighted by Crippen LogP contribution is -2.10. The highest BCUT2D eigenvalue weighted by Crippen LogP contribution is 1.98. The molecule has 13 heavy (non-hydrogen) atoms. The Kier molecular flexibility index (Phi) is 3.67. The van der Waals surface area contributed by atoms with Crippen LogP contribution in [-0.4, -0.2) is 31.4 Å². The molecule has 0 spiro atoms. The minimum Gasteiger partial charge on any atom is -0.350 e. The highest BCUT2D eigenvalue weighted by atomic mass is 16.7. The molecule has 0 unspecified atom stereocenters. The maximum Gasteiger partial charge on any atom is 0.257 e. The Morgan fingerprint density at radius 2 is 2.15 bits per heavy atom. The summed E-state index contributed by atoms with van der Waals surface area (Å²) in [6, 6.07) is 3.92. The zero-order valence-corrected chi connectivity index (χ0v) is 8.10. The molecule has 0 aliphatic heterocycles. The van der Waals surface area contributed by atoms with Crippen molar-refractivity contribution in [3.63, 3.8) is 0 Å². The van der Waals surface area contributed by atoms with Gasteiger partial charge in [-0.1, -0.05) is 0 Å². The number of nitrogens with zero attached hydrogens (tertiary/aromatic N) is 2. The summed E-state index contributed by atoms with van der Waals surface area (Å²) in [6.45, 7) is 0. The van der Waals surface area contributed by atoms with E-state index in [0.29, 0.717) is 0 Å². The third-order valence-electron chi connectivity index (χ3n) is 1.72. The number of aliphatic imine (C=N–C) groups is 1. The van der Waals surface area contributed by atoms with Crippen molar-refractivity contribution in [1.29, 1.82) is 0 Å². The van der Waals surface area contributed by atoms with Crippen molar-refractivity contribution in [2.75, 3.05) is 14.2 Å². The Hall–Kier alpha value is -1.13. The van der Waals surface area contributed by atoms with Crippen molar-refractivity contribution in [3.05, 3.63) is 24.0 Å². The van der Waals surface area contributed by atoms with Crippen LogP contribution in [0.1, 0.15) is 5.69 Å². The van der Waals surface area contributed by atoms with E-state index in [1.54, 1.807) is 20.4 Å². The zero-order valence-electron chi connectivity index (χ0n) is 8.10. The van der Waals surface area contributed by atoms with Gasteiger partial charge in [-0.05, 0) is 12.1 Å². The lowest BCUT2D eigenvalue weighted by Gasteiger charge is -2.06. The first-order chi connectivity index (χ1) is 6.27. The van der Waals surface area contributed by atoms with Crippen LogP contribution >= 0.6 is 0 Å². The van der Waals surface area contributed by atoms with Crippen LogP contribution in [0.25, 0.3) is 0 Å². The van der Waals surface area contributed by atoms with Crippen LogP contribution < -0.4 is 0 Å². The van der Waals surface area contributed by atoms with E-state index < -0.39 is 6.41 Å². The van der Waals surface area contributed by atoms with Crippen molar-refractivity contribution in [1.82, 2.24) is 4.57 Å². The first kappa shape index (κ1) is 9.95. The minimum absolute atomic E-state index is 0.519. The fourth-order valence-corrected chi connectivity index (χ4v) is 0.964. The molecule has 1 aromatic rings. The predicted octanol–water partition coefficient (Wildman–Crippen LogP) is 1.02. The van der Waals surface area contributed by atoms with Gasteiger partial charge in [-0.25, -0.2) is 4.99 Å². The van der Waals surface area contributed by atoms with Crippen molar-refractivity contribution >= 4 is 6.21 Å². The van der Waals surface area contributed by atoms with Gasteiger partial charge in [0.05, 0.1) is 11.9 Å². The first-order valence-corrected chi connectivity index (χ1v) is 3.98. The zero-order chi connectivity index (χ0) is 9.68. The molecule has 1 heterocycles. The predicted molar refractivity (Wildman–Crippen MR) is 50.8 cm³/mol. The molecule has 4 nitrogen and oxygen atoms in total. The number of hydrogen-bond donors (Lipinski definition) is 0. The van der Waals surface area contributed by atoms with Gasteiger partial charge in [0.1, 0.15) is 0 Å². The Morgan fingerprint density at radius 3 is 2.62 bits per heavy atom. The molecule has 0 aliphatic rings. The van der Waals surface area contributed by atoms with E-state index in [1.807, 2.05) is 29.9 Å². The molecule has 0 amide bonds. The van der Waals surface area contributed by atoms with E-state index in [-0.39, 0.29) is 0 Å². The summed E-state index contributed by atoms with van der Waals surface area (Å²) in [5.74, 6) is 0. The van der Waals surface area contributed by atoms with Crippen LogP contribution in [0.3, 0.4) is 0 Å². The average molecular weight is 182 g/mol. The molecular weight excluding hydrogens is 168 g/mol. The third-order valence-corrected chi connectivity index (χ3v) is 1.72. The normalized spacial score (nSPS) is 11.7. The topological polar surface area (TPSA) is 35.8 Å². The number of aryl methyl sites for hydroxylation is 1. The molecule has 0 aromatic carbocycles. The summed E-state index contributed by atoms with van der Waals surface area (Å²) >= 11 is 0. The Balaban J connectivity index is 2.62. The van der Waals surface area contributed by atoms with Crippen molar-refractivity contribution < 1.29 is 9.47 Å². The highest BCUT2D eigenvalue weighted by molar-refractivity contribution is 5.77. The van der Waals surface area contributed by atoms with Gasteiger partial charge in [0.15, 0.2) is 0 Å². The maximum atomic E-state index is 4.91. The second-order valence-electron chi connectivity index (χ2n) is 2.60. The molecule has 1 aromatic heterocycles. The summed E-state index contributed by atoms with van der Waals surface area (Å²) in [5.41, 5.74) is 1.01. The van der Waals surface area contributed by atoms with E-state index in [4.69, 9.17) is 9.47 Å². The monoisotopic (exact) mass is 182 g/mol. The largest absolute Gasteiger partial charge is 0.350 e. The summed E-state index contributed by atoms with van der Waals surface area (Å²) in [5, 5.41) is 0. The first-order valence-electron chi connectivity index (χ1n) is 3.98. The second kappa shape index (κ2) is 4.79. The summed E-state index contributed by atoms with van der Waals surface area (Å²) in [4.78, 5) is 4.07. The number of aromatic nitrogens is 1. The van der Waals surface area contributed by atoms with E-state index in [0.717, 1.165) is 5.69 Å². The number of methoxy groups -OCH3 is 2. The van der Waals surface area contributed by atoms with Gasteiger partial charge in [0.25, 0.3) is 6.41 Å². The summed E-state index contributed by atoms with van der Waals surface area (Å²) < 4.78 is 11.8. The fraction of sp³-hybridized carbons (Fsp3) is 0.444. The number of ether oxygens (including phenoxy) is 2. The molecule has 4 heteroatoms. The lowest BCUT2D eigenvalue weighted by atomic mass is 10.5. The highest BCUT2D eigenvalue weighted by Gasteiger charge is 1.99. The summed E-state index contributed by atoms with van der Waals surface area (Å²) in [7, 11) is 5.06. The second-order valence-corrected chi connectivity index (χ2v) is 2.60. The van der Waals surface area contributed by atoms with Crippen LogP contribution in [0.2, 0.25) is 0 Å². The van der Waals surface area contributed by atoms with Crippen molar-refractivity contribution in [2.24, 2.45) is 12.0 Å². The Labute approximate surface area is 77.8 Å². The van der Waals surface area contributed by atoms with Gasteiger partial charge < -0.3 is 14.0 Å². The lowest BCUT2D eigenvalue weighted by molar-refractivity contribution is -0.0942. The molecule has 0 N–H and O–H groups in total. The number of hydrogen-bond acceptors (Lipinski definition) is 3. The van der Waals surface area contributed by atoms with Crippen LogP contribution in [0.4, 0.5) is 0 Å². The average Bonchev–Trinajstić information content (AvgIpc) is 2.54. The van der Waals surface area contributed by atoms with E-state index in [9.17, 15) is 0 Å². The van der Waals surface area contributed by atoms with Gasteiger partial charge in [0, 0.05) is 27.5 Å². The molecule has 1 rings (SSSR count). The van der Waals surface area contributed by atoms with E-state index in [2.05, 4.69) is 4.99 Å². The molecule has 0 bridgehead atoms. The molecule has 0 radical (unpaired) electrons. The SMILES string of the molecule is COC(N=Cc1cccn1C)OC. The summed E-state index contributed by atoms with van der Waals surface area (Å²) in [6.07, 6.45) is 3.16. The molecule has 0 atom stereocenters. The van der Waals surface area contributed by atoms with Crippen LogP contribution in [0, 0.1) is 0 Å². The molecule has 72 valence electrons. The quantitative estimate of drug-likeness (QED) is 0.515. The van der Waals surface area contributed by atoms with Crippen LogP contribution in [-0.2, 0) is 16.5 Å². The third kappa shape index (κ3) is 2.68. The molecular formula is C9H14N2O2. The molecule has 0 saturated heterocycles. The van der Waals surface area contributed by atoms with E-state index >= 15 is 0 Å². The van der Waals surface area contributed by atoms with Gasteiger partial charge >= 0.3 is 0 Å². The fourth-order valence-electron chi connectivity index (χ4n) is 0.964. The van der Waals surface area contributed by atoms with Crippen LogP contribution in [0.15, 0.2) is 23.3 Å². The van der Waals surface area contributed by atoms with Gasteiger partial charge in [-0.3, -0.25) is 0 Å².